The number of rotatable bonds is 1. The third-order valence-electron chi connectivity index (χ3n) is 1.81. The first-order chi connectivity index (χ1) is 7.72. The second-order valence-corrected chi connectivity index (χ2v) is 4.88. The van der Waals surface area contributed by atoms with E-state index < -0.39 is 17.5 Å². The number of halogens is 2. The molecule has 0 aromatic carbocycles. The average molecular weight is 261 g/mol. The molecule has 6 heteroatoms. The lowest BCUT2D eigenvalue weighted by Crippen LogP contribution is -2.35. The van der Waals surface area contributed by atoms with Crippen LogP contribution < -0.4 is 4.90 Å². The zero-order valence-corrected chi connectivity index (χ0v) is 10.9. The van der Waals surface area contributed by atoms with Gasteiger partial charge in [-0.25, -0.2) is 14.2 Å². The number of carbonyl (C=O) groups is 1. The molecule has 0 unspecified atom stereocenters. The minimum Gasteiger partial charge on any atom is -0.443 e. The van der Waals surface area contributed by atoms with Crippen molar-refractivity contribution < 1.29 is 13.9 Å². The second kappa shape index (κ2) is 4.87. The fraction of sp³-hybridized carbons (Fsp3) is 0.455. The lowest BCUT2D eigenvalue weighted by atomic mass is 10.2. The molecule has 0 fully saturated rings. The van der Waals surface area contributed by atoms with Crippen molar-refractivity contribution in [3.63, 3.8) is 0 Å². The minimum absolute atomic E-state index is 0.0922. The van der Waals surface area contributed by atoms with Gasteiger partial charge < -0.3 is 4.74 Å². The van der Waals surface area contributed by atoms with Gasteiger partial charge in [0.25, 0.3) is 0 Å². The van der Waals surface area contributed by atoms with E-state index in [1.807, 2.05) is 0 Å². The monoisotopic (exact) mass is 260 g/mol. The number of hydrogen-bond donors (Lipinski definition) is 0. The molecule has 4 nitrogen and oxygen atoms in total. The summed E-state index contributed by atoms with van der Waals surface area (Å²) in [5, 5.41) is -0.0922. The molecular weight excluding hydrogens is 247 g/mol. The number of pyridine rings is 1. The summed E-state index contributed by atoms with van der Waals surface area (Å²) >= 11 is 5.60. The molecule has 1 heterocycles. The summed E-state index contributed by atoms with van der Waals surface area (Å²) < 4.78 is 18.7. The van der Waals surface area contributed by atoms with E-state index in [4.69, 9.17) is 16.3 Å². The molecule has 0 saturated carbocycles. The molecule has 0 aliphatic heterocycles. The van der Waals surface area contributed by atoms with E-state index in [1.165, 1.54) is 19.3 Å². The Hall–Kier alpha value is -1.36. The Morgan fingerprint density at radius 2 is 2.12 bits per heavy atom. The van der Waals surface area contributed by atoms with Crippen LogP contribution in [0.25, 0.3) is 0 Å². The quantitative estimate of drug-likeness (QED) is 0.778. The van der Waals surface area contributed by atoms with Crippen LogP contribution in [-0.2, 0) is 4.74 Å². The first-order valence-electron chi connectivity index (χ1n) is 4.99. The fourth-order valence-corrected chi connectivity index (χ4v) is 1.20. The van der Waals surface area contributed by atoms with Gasteiger partial charge in [0.2, 0.25) is 0 Å². The van der Waals surface area contributed by atoms with Gasteiger partial charge in [-0.2, -0.15) is 0 Å². The summed E-state index contributed by atoms with van der Waals surface area (Å²) in [5.74, 6) is -0.908. The molecule has 0 aliphatic rings. The maximum Gasteiger partial charge on any atom is 0.415 e. The standard InChI is InChI=1S/C11H14ClFN2O2/c1-11(2,3)17-10(16)15(4)9-8(13)7(12)5-6-14-9/h5-6H,1-4H3. The predicted octanol–water partition coefficient (Wildman–Crippen LogP) is 3.25. The van der Waals surface area contributed by atoms with Crippen LogP contribution in [0.4, 0.5) is 15.0 Å². The summed E-state index contributed by atoms with van der Waals surface area (Å²) in [6, 6.07) is 1.31. The molecule has 0 bridgehead atoms. The molecule has 0 N–H and O–H groups in total. The number of nitrogens with zero attached hydrogens (tertiary/aromatic N) is 2. The first-order valence-corrected chi connectivity index (χ1v) is 5.37. The molecule has 0 spiro atoms. The van der Waals surface area contributed by atoms with Crippen LogP contribution in [0, 0.1) is 5.82 Å². The van der Waals surface area contributed by atoms with E-state index in [2.05, 4.69) is 4.98 Å². The largest absolute Gasteiger partial charge is 0.443 e. The van der Waals surface area contributed by atoms with E-state index >= 15 is 0 Å². The zero-order valence-electron chi connectivity index (χ0n) is 10.1. The summed E-state index contributed by atoms with van der Waals surface area (Å²) in [7, 11) is 1.37. The summed E-state index contributed by atoms with van der Waals surface area (Å²) in [4.78, 5) is 16.4. The normalized spacial score (nSPS) is 11.2. The molecule has 1 rings (SSSR count). The van der Waals surface area contributed by atoms with E-state index in [9.17, 15) is 9.18 Å². The second-order valence-electron chi connectivity index (χ2n) is 4.47. The summed E-state index contributed by atoms with van der Waals surface area (Å²) in [5.41, 5.74) is -0.652. The van der Waals surface area contributed by atoms with Crippen LogP contribution in [0.3, 0.4) is 0 Å². The number of aromatic nitrogens is 1. The van der Waals surface area contributed by atoms with Crippen molar-refractivity contribution in [2.24, 2.45) is 0 Å². The third kappa shape index (κ3) is 3.56. The van der Waals surface area contributed by atoms with Gasteiger partial charge in [-0.15, -0.1) is 0 Å². The number of ether oxygens (including phenoxy) is 1. The Morgan fingerprint density at radius 1 is 1.53 bits per heavy atom. The average Bonchev–Trinajstić information content (AvgIpc) is 2.18. The van der Waals surface area contributed by atoms with Crippen molar-refractivity contribution in [3.8, 4) is 0 Å². The number of amides is 1. The van der Waals surface area contributed by atoms with Crippen molar-refractivity contribution in [3.05, 3.63) is 23.1 Å². The Morgan fingerprint density at radius 3 is 2.65 bits per heavy atom. The molecule has 0 atom stereocenters. The van der Waals surface area contributed by atoms with Crippen molar-refractivity contribution in [2.75, 3.05) is 11.9 Å². The third-order valence-corrected chi connectivity index (χ3v) is 2.10. The predicted molar refractivity (Wildman–Crippen MR) is 63.8 cm³/mol. The topological polar surface area (TPSA) is 42.4 Å². The maximum atomic E-state index is 13.6. The molecule has 1 amide bonds. The van der Waals surface area contributed by atoms with E-state index in [1.54, 1.807) is 20.8 Å². The minimum atomic E-state index is -0.748. The van der Waals surface area contributed by atoms with Crippen molar-refractivity contribution in [1.29, 1.82) is 0 Å². The highest BCUT2D eigenvalue weighted by Gasteiger charge is 2.23. The van der Waals surface area contributed by atoms with Gasteiger partial charge in [-0.1, -0.05) is 11.6 Å². The maximum absolute atomic E-state index is 13.6. The highest BCUT2D eigenvalue weighted by atomic mass is 35.5. The zero-order chi connectivity index (χ0) is 13.2. The number of anilines is 1. The van der Waals surface area contributed by atoms with Crippen LogP contribution in [0.1, 0.15) is 20.8 Å². The van der Waals surface area contributed by atoms with E-state index in [0.29, 0.717) is 0 Å². The highest BCUT2D eigenvalue weighted by molar-refractivity contribution is 6.31. The first kappa shape index (κ1) is 13.7. The molecule has 17 heavy (non-hydrogen) atoms. The number of hydrogen-bond acceptors (Lipinski definition) is 3. The SMILES string of the molecule is CN(C(=O)OC(C)(C)C)c1nccc(Cl)c1F. The van der Waals surface area contributed by atoms with Gasteiger partial charge >= 0.3 is 6.09 Å². The Bertz CT molecular complexity index is 432. The van der Waals surface area contributed by atoms with Gasteiger partial charge in [0, 0.05) is 13.2 Å². The van der Waals surface area contributed by atoms with E-state index in [0.717, 1.165) is 4.90 Å². The van der Waals surface area contributed by atoms with Crippen molar-refractivity contribution in [2.45, 2.75) is 26.4 Å². The molecule has 0 aliphatic carbocycles. The lowest BCUT2D eigenvalue weighted by molar-refractivity contribution is 0.0587. The lowest BCUT2D eigenvalue weighted by Gasteiger charge is -2.24. The van der Waals surface area contributed by atoms with Crippen LogP contribution in [0.2, 0.25) is 5.02 Å². The van der Waals surface area contributed by atoms with Crippen molar-refractivity contribution >= 4 is 23.5 Å². The Kier molecular flexibility index (Phi) is 3.93. The molecule has 1 aromatic heterocycles. The molecule has 1 aromatic rings. The van der Waals surface area contributed by atoms with Gasteiger partial charge in [0.05, 0.1) is 5.02 Å². The molecule has 0 saturated heterocycles. The van der Waals surface area contributed by atoms with Gasteiger partial charge in [-0.3, -0.25) is 4.90 Å². The van der Waals surface area contributed by atoms with Crippen molar-refractivity contribution in [1.82, 2.24) is 4.98 Å². The fourth-order valence-electron chi connectivity index (χ4n) is 1.06. The van der Waals surface area contributed by atoms with Crippen LogP contribution in [0.15, 0.2) is 12.3 Å². The van der Waals surface area contributed by atoms with Gasteiger partial charge in [0.1, 0.15) is 5.60 Å². The smallest absolute Gasteiger partial charge is 0.415 e. The van der Waals surface area contributed by atoms with E-state index in [-0.39, 0.29) is 10.8 Å². The van der Waals surface area contributed by atoms with Gasteiger partial charge in [-0.05, 0) is 26.8 Å². The Labute approximate surface area is 104 Å². The van der Waals surface area contributed by atoms with Gasteiger partial charge in [0.15, 0.2) is 11.6 Å². The van der Waals surface area contributed by atoms with Crippen LogP contribution >= 0.6 is 11.6 Å². The molecular formula is C11H14ClFN2O2. The van der Waals surface area contributed by atoms with Crippen LogP contribution in [-0.4, -0.2) is 23.7 Å². The summed E-state index contributed by atoms with van der Waals surface area (Å²) in [6.07, 6.45) is 0.632. The molecule has 94 valence electrons. The summed E-state index contributed by atoms with van der Waals surface area (Å²) in [6.45, 7) is 5.17. The highest BCUT2D eigenvalue weighted by Crippen LogP contribution is 2.23. The van der Waals surface area contributed by atoms with Crippen LogP contribution in [0.5, 0.6) is 0 Å². The molecule has 0 radical (unpaired) electrons. The number of carbonyl (C=O) groups excluding carboxylic acids is 1. The Balaban J connectivity index is 2.93.